The van der Waals surface area contributed by atoms with E-state index in [-0.39, 0.29) is 0 Å². The van der Waals surface area contributed by atoms with Gasteiger partial charge in [0.15, 0.2) is 0 Å². The van der Waals surface area contributed by atoms with Gasteiger partial charge in [-0.3, -0.25) is 0 Å². The Morgan fingerprint density at radius 1 is 0.941 bits per heavy atom. The van der Waals surface area contributed by atoms with Crippen LogP contribution < -0.4 is 5.32 Å². The predicted molar refractivity (Wildman–Crippen MR) is 79.3 cm³/mol. The molecule has 0 aliphatic rings. The van der Waals surface area contributed by atoms with Gasteiger partial charge in [-0.25, -0.2) is 0 Å². The Hall–Kier alpha value is -0.0400. The molecule has 0 aromatic heterocycles. The number of nitrogens with one attached hydrogen (secondary N) is 1. The second-order valence-electron chi connectivity index (χ2n) is 7.03. The first-order valence-corrected chi connectivity index (χ1v) is 7.51. The highest BCUT2D eigenvalue weighted by atomic mass is 14.9. The van der Waals surface area contributed by atoms with E-state index >= 15 is 0 Å². The molecule has 0 fully saturated rings. The molecule has 0 aliphatic carbocycles. The molecule has 0 bridgehead atoms. The van der Waals surface area contributed by atoms with Crippen LogP contribution in [0.5, 0.6) is 0 Å². The van der Waals surface area contributed by atoms with Crippen LogP contribution >= 0.6 is 0 Å². The lowest BCUT2D eigenvalue weighted by molar-refractivity contribution is 0.184. The fourth-order valence-corrected chi connectivity index (χ4v) is 2.31. The Morgan fingerprint density at radius 3 is 1.82 bits per heavy atom. The third-order valence-corrected chi connectivity index (χ3v) is 3.94. The second kappa shape index (κ2) is 8.13. The van der Waals surface area contributed by atoms with Crippen molar-refractivity contribution in [2.24, 2.45) is 23.2 Å². The highest BCUT2D eigenvalue weighted by Gasteiger charge is 2.26. The van der Waals surface area contributed by atoms with Crippen molar-refractivity contribution in [2.75, 3.05) is 13.1 Å². The number of hydrogen-bond donors (Lipinski definition) is 1. The summed E-state index contributed by atoms with van der Waals surface area (Å²) in [6.45, 7) is 18.7. The average molecular weight is 241 g/mol. The van der Waals surface area contributed by atoms with E-state index in [1.54, 1.807) is 0 Å². The lowest BCUT2D eigenvalue weighted by atomic mass is 9.74. The zero-order chi connectivity index (χ0) is 13.5. The van der Waals surface area contributed by atoms with E-state index in [2.05, 4.69) is 53.8 Å². The summed E-state index contributed by atoms with van der Waals surface area (Å²) in [4.78, 5) is 0. The van der Waals surface area contributed by atoms with Gasteiger partial charge in [0.2, 0.25) is 0 Å². The highest BCUT2D eigenvalue weighted by molar-refractivity contribution is 4.78. The van der Waals surface area contributed by atoms with Crippen molar-refractivity contribution < 1.29 is 0 Å². The fraction of sp³-hybridized carbons (Fsp3) is 1.00. The summed E-state index contributed by atoms with van der Waals surface area (Å²) in [7, 11) is 0. The third-order valence-electron chi connectivity index (χ3n) is 3.94. The molecule has 0 radical (unpaired) electrons. The van der Waals surface area contributed by atoms with Crippen LogP contribution in [0.1, 0.15) is 67.7 Å². The standard InChI is InChI=1S/C16H35N/c1-8-14(9-2)10-15(16(5,6)7)12-17-11-13(3)4/h13-15,17H,8-12H2,1-7H3. The van der Waals surface area contributed by atoms with Gasteiger partial charge in [0.1, 0.15) is 0 Å². The predicted octanol–water partition coefficient (Wildman–Crippen LogP) is 4.72. The van der Waals surface area contributed by atoms with Gasteiger partial charge in [-0.2, -0.15) is 0 Å². The fourth-order valence-electron chi connectivity index (χ4n) is 2.31. The van der Waals surface area contributed by atoms with E-state index in [4.69, 9.17) is 0 Å². The first-order chi connectivity index (χ1) is 7.81. The van der Waals surface area contributed by atoms with Crippen LogP contribution in [0.4, 0.5) is 0 Å². The molecular formula is C16H35N. The third kappa shape index (κ3) is 7.81. The molecule has 0 aromatic rings. The van der Waals surface area contributed by atoms with Crippen molar-refractivity contribution in [2.45, 2.75) is 67.7 Å². The topological polar surface area (TPSA) is 12.0 Å². The Bertz CT molecular complexity index is 174. The van der Waals surface area contributed by atoms with Crippen LogP contribution in [0.2, 0.25) is 0 Å². The molecule has 0 amide bonds. The average Bonchev–Trinajstić information content (AvgIpc) is 2.21. The lowest BCUT2D eigenvalue weighted by Gasteiger charge is -2.34. The van der Waals surface area contributed by atoms with Gasteiger partial charge < -0.3 is 5.32 Å². The van der Waals surface area contributed by atoms with Crippen molar-refractivity contribution in [3.8, 4) is 0 Å². The lowest BCUT2D eigenvalue weighted by Crippen LogP contribution is -2.34. The van der Waals surface area contributed by atoms with Crippen LogP contribution in [0.15, 0.2) is 0 Å². The van der Waals surface area contributed by atoms with Gasteiger partial charge in [-0.1, -0.05) is 61.3 Å². The zero-order valence-corrected chi connectivity index (χ0v) is 13.3. The Balaban J connectivity index is 4.24. The van der Waals surface area contributed by atoms with Crippen LogP contribution in [0.25, 0.3) is 0 Å². The minimum absolute atomic E-state index is 0.423. The van der Waals surface area contributed by atoms with E-state index in [0.29, 0.717) is 5.41 Å². The SMILES string of the molecule is CCC(CC)CC(CNCC(C)C)C(C)(C)C. The molecule has 0 saturated carbocycles. The molecule has 0 spiro atoms. The maximum atomic E-state index is 3.65. The minimum atomic E-state index is 0.423. The van der Waals surface area contributed by atoms with Gasteiger partial charge in [-0.05, 0) is 42.7 Å². The van der Waals surface area contributed by atoms with Crippen molar-refractivity contribution >= 4 is 0 Å². The summed E-state index contributed by atoms with van der Waals surface area (Å²) < 4.78 is 0. The quantitative estimate of drug-likeness (QED) is 0.648. The number of rotatable bonds is 8. The van der Waals surface area contributed by atoms with Crippen molar-refractivity contribution in [3.05, 3.63) is 0 Å². The van der Waals surface area contributed by atoms with E-state index < -0.39 is 0 Å². The zero-order valence-electron chi connectivity index (χ0n) is 13.3. The van der Waals surface area contributed by atoms with Gasteiger partial charge in [0.05, 0.1) is 0 Å². The summed E-state index contributed by atoms with van der Waals surface area (Å²) in [5.74, 6) is 2.45. The van der Waals surface area contributed by atoms with Crippen molar-refractivity contribution in [1.29, 1.82) is 0 Å². The highest BCUT2D eigenvalue weighted by Crippen LogP contribution is 2.32. The molecule has 1 atom stereocenters. The van der Waals surface area contributed by atoms with Crippen LogP contribution in [-0.2, 0) is 0 Å². The van der Waals surface area contributed by atoms with E-state index in [0.717, 1.165) is 24.3 Å². The molecular weight excluding hydrogens is 206 g/mol. The molecule has 0 aliphatic heterocycles. The molecule has 0 heterocycles. The number of hydrogen-bond acceptors (Lipinski definition) is 1. The summed E-state index contributed by atoms with van der Waals surface area (Å²) >= 11 is 0. The first kappa shape index (κ1) is 17.0. The Morgan fingerprint density at radius 2 is 1.47 bits per heavy atom. The van der Waals surface area contributed by atoms with Crippen molar-refractivity contribution in [1.82, 2.24) is 5.32 Å². The monoisotopic (exact) mass is 241 g/mol. The molecule has 1 N–H and O–H groups in total. The molecule has 17 heavy (non-hydrogen) atoms. The molecule has 104 valence electrons. The van der Waals surface area contributed by atoms with Crippen LogP contribution in [0, 0.1) is 23.2 Å². The largest absolute Gasteiger partial charge is 0.316 e. The summed E-state index contributed by atoms with van der Waals surface area (Å²) in [6, 6.07) is 0. The second-order valence-corrected chi connectivity index (χ2v) is 7.03. The Labute approximate surface area is 110 Å². The van der Waals surface area contributed by atoms with E-state index in [1.165, 1.54) is 25.8 Å². The maximum absolute atomic E-state index is 3.65. The van der Waals surface area contributed by atoms with E-state index in [9.17, 15) is 0 Å². The van der Waals surface area contributed by atoms with E-state index in [1.807, 2.05) is 0 Å². The van der Waals surface area contributed by atoms with Crippen LogP contribution in [0.3, 0.4) is 0 Å². The molecule has 0 saturated heterocycles. The minimum Gasteiger partial charge on any atom is -0.316 e. The Kier molecular flexibility index (Phi) is 8.11. The van der Waals surface area contributed by atoms with Gasteiger partial charge in [0.25, 0.3) is 0 Å². The van der Waals surface area contributed by atoms with Gasteiger partial charge in [-0.15, -0.1) is 0 Å². The molecule has 1 nitrogen and oxygen atoms in total. The van der Waals surface area contributed by atoms with Crippen LogP contribution in [-0.4, -0.2) is 13.1 Å². The summed E-state index contributed by atoms with van der Waals surface area (Å²) in [5.41, 5.74) is 0.423. The molecule has 1 heteroatoms. The first-order valence-electron chi connectivity index (χ1n) is 7.51. The maximum Gasteiger partial charge on any atom is -0.00153 e. The molecule has 0 aromatic carbocycles. The van der Waals surface area contributed by atoms with Crippen molar-refractivity contribution in [3.63, 3.8) is 0 Å². The smallest absolute Gasteiger partial charge is 0.00153 e. The normalized spacial score (nSPS) is 14.6. The molecule has 0 rings (SSSR count). The van der Waals surface area contributed by atoms with Gasteiger partial charge in [0, 0.05) is 0 Å². The summed E-state index contributed by atoms with van der Waals surface area (Å²) in [6.07, 6.45) is 4.03. The van der Waals surface area contributed by atoms with Gasteiger partial charge >= 0.3 is 0 Å². The molecule has 1 unspecified atom stereocenters. The summed E-state index contributed by atoms with van der Waals surface area (Å²) in [5, 5.41) is 3.65.